The summed E-state index contributed by atoms with van der Waals surface area (Å²) < 4.78 is 40.7. The monoisotopic (exact) mass is 482 g/mol. The molecule has 0 aliphatic heterocycles. The van der Waals surface area contributed by atoms with Crippen molar-refractivity contribution < 1.29 is 47.4 Å². The summed E-state index contributed by atoms with van der Waals surface area (Å²) in [6.07, 6.45) is -5.75. The molecule has 1 amide bonds. The van der Waals surface area contributed by atoms with E-state index < -0.39 is 87.8 Å². The van der Waals surface area contributed by atoms with Gasteiger partial charge in [-0.3, -0.25) is 24.0 Å². The van der Waals surface area contributed by atoms with E-state index in [9.17, 15) is 47.4 Å². The molecule has 1 aromatic carbocycles. The van der Waals surface area contributed by atoms with Gasteiger partial charge in [-0.2, -0.15) is 13.2 Å². The number of hydrogen-bond donors (Lipinski definition) is 3. The number of phenols is 1. The number of carbonyl (C=O) groups is 5. The van der Waals surface area contributed by atoms with Crippen molar-refractivity contribution in [2.45, 2.75) is 31.0 Å². The summed E-state index contributed by atoms with van der Waals surface area (Å²) in [5.74, 6) is -13.2. The third-order valence-corrected chi connectivity index (χ3v) is 7.17. The van der Waals surface area contributed by atoms with Gasteiger partial charge >= 0.3 is 6.18 Å². The number of alkyl halides is 3. The quantitative estimate of drug-likeness (QED) is 0.512. The summed E-state index contributed by atoms with van der Waals surface area (Å²) in [4.78, 5) is 64.9. The number of ketones is 4. The third kappa shape index (κ3) is 3.07. The molecule has 1 aromatic rings. The summed E-state index contributed by atoms with van der Waals surface area (Å²) in [5, 5.41) is 21.5. The zero-order valence-electron chi connectivity index (χ0n) is 18.1. The second-order valence-electron chi connectivity index (χ2n) is 9.28. The number of benzene rings is 1. The van der Waals surface area contributed by atoms with Gasteiger partial charge in [0.15, 0.2) is 34.7 Å². The molecule has 5 unspecified atom stereocenters. The van der Waals surface area contributed by atoms with Crippen LogP contribution in [0, 0.1) is 23.7 Å². The number of rotatable bonds is 2. The van der Waals surface area contributed by atoms with Gasteiger partial charge in [-0.25, -0.2) is 0 Å². The van der Waals surface area contributed by atoms with Crippen LogP contribution in [0.1, 0.15) is 34.3 Å². The van der Waals surface area contributed by atoms with Gasteiger partial charge in [-0.05, 0) is 30.4 Å². The van der Waals surface area contributed by atoms with Crippen molar-refractivity contribution in [1.29, 1.82) is 0 Å². The van der Waals surface area contributed by atoms with E-state index in [1.54, 1.807) is 0 Å². The first-order chi connectivity index (χ1) is 15.6. The first-order valence-corrected chi connectivity index (χ1v) is 10.4. The van der Waals surface area contributed by atoms with Crippen LogP contribution < -0.4 is 10.6 Å². The van der Waals surface area contributed by atoms with Gasteiger partial charge in [0.25, 0.3) is 0 Å². The maximum Gasteiger partial charge on any atom is 0.420 e. The normalized spacial score (nSPS) is 31.0. The topological polar surface area (TPSA) is 155 Å². The van der Waals surface area contributed by atoms with E-state index in [4.69, 9.17) is 5.73 Å². The number of anilines is 1. The number of aromatic hydroxyl groups is 1. The molecule has 0 bridgehead atoms. The van der Waals surface area contributed by atoms with Gasteiger partial charge in [0.1, 0.15) is 11.3 Å². The highest BCUT2D eigenvalue weighted by molar-refractivity contribution is 6.31. The molecule has 182 valence electrons. The standard InChI is InChI=1S/C22H21F3N2O7/c1-27(2)11-6-10(22(23,24)25)16(29)14-9(11)4-7-3-8-5-12(28)15(20(26)33)19(32)21(8,34)18(31)13(7)17(14)30/h6-8,13,15,29,34H,3-5H2,1-2H3,(H2,26,33). The smallest absolute Gasteiger partial charge is 0.420 e. The molecular weight excluding hydrogens is 461 g/mol. The summed E-state index contributed by atoms with van der Waals surface area (Å²) >= 11 is 0. The summed E-state index contributed by atoms with van der Waals surface area (Å²) in [7, 11) is 2.91. The van der Waals surface area contributed by atoms with Crippen LogP contribution in [0.15, 0.2) is 6.07 Å². The number of fused-ring (bicyclic) bond motifs is 3. The lowest BCUT2D eigenvalue weighted by molar-refractivity contribution is -0.175. The summed E-state index contributed by atoms with van der Waals surface area (Å²) in [5.41, 5.74) is 0.209. The van der Waals surface area contributed by atoms with Crippen molar-refractivity contribution in [2.24, 2.45) is 29.4 Å². The Morgan fingerprint density at radius 3 is 2.29 bits per heavy atom. The van der Waals surface area contributed by atoms with Crippen molar-refractivity contribution >= 4 is 34.7 Å². The number of aliphatic hydroxyl groups is 1. The minimum atomic E-state index is -5.00. The van der Waals surface area contributed by atoms with Crippen LogP contribution in [-0.2, 0) is 31.8 Å². The first kappa shape index (κ1) is 23.9. The summed E-state index contributed by atoms with van der Waals surface area (Å²) in [6, 6.07) is 0.716. The lowest BCUT2D eigenvalue weighted by Gasteiger charge is -2.48. The Kier molecular flexibility index (Phi) is 5.16. The number of halogens is 3. The molecule has 0 heterocycles. The van der Waals surface area contributed by atoms with E-state index in [1.165, 1.54) is 19.0 Å². The number of primary amides is 1. The Morgan fingerprint density at radius 1 is 1.15 bits per heavy atom. The molecule has 0 aromatic heterocycles. The van der Waals surface area contributed by atoms with E-state index in [-0.39, 0.29) is 24.1 Å². The van der Waals surface area contributed by atoms with Crippen LogP contribution in [0.25, 0.3) is 0 Å². The van der Waals surface area contributed by atoms with Gasteiger partial charge in [0.2, 0.25) is 5.91 Å². The van der Waals surface area contributed by atoms with E-state index >= 15 is 0 Å². The molecule has 5 atom stereocenters. The SMILES string of the molecule is CN(C)c1cc(C(F)(F)F)c(O)c2c1CC1CC3CC(=O)C(C(N)=O)C(=O)C3(O)C(=O)C1C2=O. The fourth-order valence-electron chi connectivity index (χ4n) is 5.63. The van der Waals surface area contributed by atoms with Crippen molar-refractivity contribution in [1.82, 2.24) is 0 Å². The Balaban J connectivity index is 1.88. The average molecular weight is 482 g/mol. The zero-order valence-corrected chi connectivity index (χ0v) is 18.1. The van der Waals surface area contributed by atoms with Gasteiger partial charge in [0.05, 0.1) is 11.5 Å². The van der Waals surface area contributed by atoms with E-state index in [0.717, 1.165) is 0 Å². The maximum absolute atomic E-state index is 13.6. The number of amides is 1. The van der Waals surface area contributed by atoms with Gasteiger partial charge in [0, 0.05) is 32.1 Å². The van der Waals surface area contributed by atoms with Gasteiger partial charge in [-0.1, -0.05) is 0 Å². The molecular formula is C22H21F3N2O7. The van der Waals surface area contributed by atoms with E-state index in [1.807, 2.05) is 0 Å². The van der Waals surface area contributed by atoms with E-state index in [2.05, 4.69) is 0 Å². The predicted octanol–water partition coefficient (Wildman–Crippen LogP) is 0.412. The molecule has 9 nitrogen and oxygen atoms in total. The second-order valence-corrected chi connectivity index (χ2v) is 9.28. The molecule has 0 saturated heterocycles. The van der Waals surface area contributed by atoms with Crippen LogP contribution in [0.3, 0.4) is 0 Å². The van der Waals surface area contributed by atoms with E-state index in [0.29, 0.717) is 6.07 Å². The lowest BCUT2D eigenvalue weighted by atomic mass is 9.53. The van der Waals surface area contributed by atoms with Crippen LogP contribution in [-0.4, -0.2) is 58.9 Å². The highest BCUT2D eigenvalue weighted by Gasteiger charge is 2.66. The minimum Gasteiger partial charge on any atom is -0.507 e. The van der Waals surface area contributed by atoms with Crippen LogP contribution in [0.2, 0.25) is 0 Å². The molecule has 3 aliphatic carbocycles. The fourth-order valence-corrected chi connectivity index (χ4v) is 5.63. The highest BCUT2D eigenvalue weighted by Crippen LogP contribution is 2.52. The maximum atomic E-state index is 13.6. The molecule has 0 spiro atoms. The number of carbonyl (C=O) groups excluding carboxylic acids is 5. The molecule has 4 rings (SSSR count). The number of nitrogens with zero attached hydrogens (tertiary/aromatic N) is 1. The largest absolute Gasteiger partial charge is 0.507 e. The molecule has 4 N–H and O–H groups in total. The Morgan fingerprint density at radius 2 is 1.76 bits per heavy atom. The highest BCUT2D eigenvalue weighted by atomic mass is 19.4. The van der Waals surface area contributed by atoms with Crippen LogP contribution >= 0.6 is 0 Å². The first-order valence-electron chi connectivity index (χ1n) is 10.4. The molecule has 0 radical (unpaired) electrons. The Bertz CT molecular complexity index is 1180. The second kappa shape index (κ2) is 7.36. The minimum absolute atomic E-state index is 0.0183. The summed E-state index contributed by atoms with van der Waals surface area (Å²) in [6.45, 7) is 0. The number of Topliss-reactive ketones (excluding diaryl/α,β-unsaturated/α-hetero) is 4. The molecule has 2 saturated carbocycles. The third-order valence-electron chi connectivity index (χ3n) is 7.17. The van der Waals surface area contributed by atoms with Gasteiger partial charge < -0.3 is 20.8 Å². The van der Waals surface area contributed by atoms with Crippen LogP contribution in [0.5, 0.6) is 5.75 Å². The zero-order chi connectivity index (χ0) is 25.5. The predicted molar refractivity (Wildman–Crippen MR) is 108 cm³/mol. The van der Waals surface area contributed by atoms with Crippen LogP contribution in [0.4, 0.5) is 18.9 Å². The number of hydrogen-bond acceptors (Lipinski definition) is 8. The van der Waals surface area contributed by atoms with Crippen molar-refractivity contribution in [3.8, 4) is 5.75 Å². The lowest BCUT2D eigenvalue weighted by Crippen LogP contribution is -2.68. The van der Waals surface area contributed by atoms with Crippen molar-refractivity contribution in [2.75, 3.05) is 19.0 Å². The van der Waals surface area contributed by atoms with Crippen molar-refractivity contribution in [3.63, 3.8) is 0 Å². The average Bonchev–Trinajstić information content (AvgIpc) is 2.69. The fraction of sp³-hybridized carbons (Fsp3) is 0.500. The number of phenolic OH excluding ortho intramolecular Hbond substituents is 1. The number of nitrogens with two attached hydrogens (primary N) is 1. The van der Waals surface area contributed by atoms with Gasteiger partial charge in [-0.15, -0.1) is 0 Å². The molecule has 3 aliphatic rings. The Labute approximate surface area is 190 Å². The molecule has 34 heavy (non-hydrogen) atoms. The molecule has 2 fully saturated rings. The molecule has 12 heteroatoms. The van der Waals surface area contributed by atoms with Crippen molar-refractivity contribution in [3.05, 3.63) is 22.8 Å². The Hall–Kier alpha value is -3.28.